The Balaban J connectivity index is 1.35. The van der Waals surface area contributed by atoms with Crippen LogP contribution in [0.15, 0.2) is 97.2 Å². The zero-order valence-corrected chi connectivity index (χ0v) is 17.9. The highest BCUT2D eigenvalue weighted by Gasteiger charge is 2.36. The van der Waals surface area contributed by atoms with Gasteiger partial charge in [0.25, 0.3) is 0 Å². The van der Waals surface area contributed by atoms with E-state index in [0.717, 1.165) is 44.8 Å². The van der Waals surface area contributed by atoms with Gasteiger partial charge in [-0.2, -0.15) is 0 Å². The molecule has 0 aliphatic carbocycles. The largest absolute Gasteiger partial charge is 0.369 e. The fraction of sp³-hybridized carbons (Fsp3) is 0.250. The molecule has 0 atom stereocenters. The van der Waals surface area contributed by atoms with Crippen LogP contribution in [0.1, 0.15) is 24.0 Å². The van der Waals surface area contributed by atoms with E-state index in [1.54, 1.807) is 0 Å². The maximum atomic E-state index is 4.67. The molecule has 31 heavy (non-hydrogen) atoms. The molecular weight excluding hydrogens is 378 g/mol. The minimum atomic E-state index is 0.118. The lowest BCUT2D eigenvalue weighted by Crippen LogP contribution is -2.46. The summed E-state index contributed by atoms with van der Waals surface area (Å²) in [5.74, 6) is 0.986. The van der Waals surface area contributed by atoms with Gasteiger partial charge in [-0.05, 0) is 48.5 Å². The molecule has 3 heteroatoms. The molecule has 4 aromatic rings. The number of likely N-dealkylation sites (tertiary alicyclic amines) is 1. The van der Waals surface area contributed by atoms with Crippen LogP contribution in [0.5, 0.6) is 0 Å². The predicted octanol–water partition coefficient (Wildman–Crippen LogP) is 5.88. The van der Waals surface area contributed by atoms with Gasteiger partial charge in [0.1, 0.15) is 5.82 Å². The van der Waals surface area contributed by atoms with Crippen molar-refractivity contribution in [3.63, 3.8) is 0 Å². The Morgan fingerprint density at radius 2 is 1.45 bits per heavy atom. The van der Waals surface area contributed by atoms with Gasteiger partial charge in [-0.15, -0.1) is 0 Å². The first-order valence-electron chi connectivity index (χ1n) is 11.2. The van der Waals surface area contributed by atoms with Crippen molar-refractivity contribution in [2.75, 3.05) is 25.0 Å². The molecule has 0 bridgehead atoms. The highest BCUT2D eigenvalue weighted by atomic mass is 15.1. The van der Waals surface area contributed by atoms with Gasteiger partial charge in [0.05, 0.1) is 0 Å². The summed E-state index contributed by atoms with van der Waals surface area (Å²) in [6, 6.07) is 32.4. The Morgan fingerprint density at radius 1 is 0.774 bits per heavy atom. The number of hydrogen-bond donors (Lipinski definition) is 1. The van der Waals surface area contributed by atoms with Gasteiger partial charge in [-0.25, -0.2) is 4.98 Å². The van der Waals surface area contributed by atoms with Crippen molar-refractivity contribution in [2.24, 2.45) is 0 Å². The number of nitrogens with one attached hydrogen (secondary N) is 1. The van der Waals surface area contributed by atoms with Crippen LogP contribution in [-0.2, 0) is 12.0 Å². The van der Waals surface area contributed by atoms with Crippen LogP contribution in [0.3, 0.4) is 0 Å². The van der Waals surface area contributed by atoms with Crippen molar-refractivity contribution in [1.82, 2.24) is 9.88 Å². The average molecular weight is 408 g/mol. The zero-order chi connectivity index (χ0) is 20.9. The molecule has 0 unspecified atom stereocenters. The van der Waals surface area contributed by atoms with Crippen molar-refractivity contribution in [3.8, 4) is 0 Å². The second kappa shape index (κ2) is 8.91. The van der Waals surface area contributed by atoms with Gasteiger partial charge in [0, 0.05) is 30.1 Å². The number of pyridine rings is 1. The van der Waals surface area contributed by atoms with Crippen LogP contribution in [0, 0.1) is 0 Å². The molecule has 1 saturated heterocycles. The molecule has 0 saturated carbocycles. The summed E-state index contributed by atoms with van der Waals surface area (Å²) in [6.45, 7) is 4.14. The normalized spacial score (nSPS) is 16.3. The third kappa shape index (κ3) is 4.33. The number of benzene rings is 3. The first kappa shape index (κ1) is 19.8. The minimum Gasteiger partial charge on any atom is -0.369 e. The topological polar surface area (TPSA) is 28.2 Å². The standard InChI is InChI=1S/C28H29N3/c1-3-9-23(10-4-1)21-31-19-16-28(17-20-31,25-12-5-2-6-13-25)22-30-27-26-14-8-7-11-24(26)15-18-29-27/h1-15,18H,16-17,19-22H2,(H,29,30). The highest BCUT2D eigenvalue weighted by Crippen LogP contribution is 2.36. The van der Waals surface area contributed by atoms with Gasteiger partial charge in [0.15, 0.2) is 0 Å². The summed E-state index contributed by atoms with van der Waals surface area (Å²) in [5, 5.41) is 6.15. The predicted molar refractivity (Wildman–Crippen MR) is 129 cm³/mol. The lowest BCUT2D eigenvalue weighted by Gasteiger charge is -2.42. The number of rotatable bonds is 6. The van der Waals surface area contributed by atoms with Crippen LogP contribution in [0.25, 0.3) is 10.8 Å². The smallest absolute Gasteiger partial charge is 0.133 e. The second-order valence-electron chi connectivity index (χ2n) is 8.64. The summed E-state index contributed by atoms with van der Waals surface area (Å²) in [4.78, 5) is 7.26. The quantitative estimate of drug-likeness (QED) is 0.432. The SMILES string of the molecule is c1ccc(CN2CCC(CNc3nccc4ccccc34)(c3ccccc3)CC2)cc1. The number of piperidine rings is 1. The molecule has 0 radical (unpaired) electrons. The van der Waals surface area contributed by atoms with Crippen molar-refractivity contribution in [2.45, 2.75) is 24.8 Å². The summed E-state index contributed by atoms with van der Waals surface area (Å²) in [6.07, 6.45) is 4.19. The Bertz CT molecular complexity index is 1110. The first-order valence-corrected chi connectivity index (χ1v) is 11.2. The molecule has 1 N–H and O–H groups in total. The first-order chi connectivity index (χ1) is 15.3. The molecule has 0 amide bonds. The highest BCUT2D eigenvalue weighted by molar-refractivity contribution is 5.91. The molecule has 1 aromatic heterocycles. The monoisotopic (exact) mass is 407 g/mol. The van der Waals surface area contributed by atoms with E-state index >= 15 is 0 Å². The van der Waals surface area contributed by atoms with E-state index in [2.05, 4.69) is 106 Å². The van der Waals surface area contributed by atoms with Gasteiger partial charge in [-0.3, -0.25) is 4.90 Å². The number of hydrogen-bond acceptors (Lipinski definition) is 3. The zero-order valence-electron chi connectivity index (χ0n) is 17.9. The number of anilines is 1. The fourth-order valence-corrected chi connectivity index (χ4v) is 4.85. The number of nitrogens with zero attached hydrogens (tertiary/aromatic N) is 2. The van der Waals surface area contributed by atoms with E-state index in [0.29, 0.717) is 0 Å². The van der Waals surface area contributed by atoms with Crippen LogP contribution in [-0.4, -0.2) is 29.5 Å². The average Bonchev–Trinajstić information content (AvgIpc) is 2.85. The van der Waals surface area contributed by atoms with Gasteiger partial charge in [-0.1, -0.05) is 84.9 Å². The van der Waals surface area contributed by atoms with Crippen LogP contribution >= 0.6 is 0 Å². The Labute approximate surface area is 184 Å². The molecular formula is C28H29N3. The van der Waals surface area contributed by atoms with Gasteiger partial charge >= 0.3 is 0 Å². The molecule has 3 aromatic carbocycles. The number of aromatic nitrogens is 1. The molecule has 1 aliphatic heterocycles. The molecule has 2 heterocycles. The molecule has 3 nitrogen and oxygen atoms in total. The molecule has 156 valence electrons. The third-order valence-electron chi connectivity index (χ3n) is 6.72. The van der Waals surface area contributed by atoms with Crippen LogP contribution in [0.2, 0.25) is 0 Å². The van der Waals surface area contributed by atoms with Crippen LogP contribution < -0.4 is 5.32 Å². The molecule has 5 rings (SSSR count). The van der Waals surface area contributed by atoms with Crippen molar-refractivity contribution in [3.05, 3.63) is 108 Å². The molecule has 1 aliphatic rings. The van der Waals surface area contributed by atoms with E-state index in [1.807, 2.05) is 6.20 Å². The van der Waals surface area contributed by atoms with E-state index in [4.69, 9.17) is 0 Å². The van der Waals surface area contributed by atoms with E-state index in [9.17, 15) is 0 Å². The summed E-state index contributed by atoms with van der Waals surface area (Å²) < 4.78 is 0. The van der Waals surface area contributed by atoms with Crippen molar-refractivity contribution in [1.29, 1.82) is 0 Å². The molecule has 1 fully saturated rings. The van der Waals surface area contributed by atoms with Crippen molar-refractivity contribution < 1.29 is 0 Å². The maximum Gasteiger partial charge on any atom is 0.133 e. The fourth-order valence-electron chi connectivity index (χ4n) is 4.85. The number of fused-ring (bicyclic) bond motifs is 1. The second-order valence-corrected chi connectivity index (χ2v) is 8.64. The lowest BCUT2D eigenvalue weighted by molar-refractivity contribution is 0.158. The minimum absolute atomic E-state index is 0.118. The van der Waals surface area contributed by atoms with E-state index < -0.39 is 0 Å². The Hall–Kier alpha value is -3.17. The van der Waals surface area contributed by atoms with Crippen LogP contribution in [0.4, 0.5) is 5.82 Å². The maximum absolute atomic E-state index is 4.67. The Morgan fingerprint density at radius 3 is 2.23 bits per heavy atom. The van der Waals surface area contributed by atoms with E-state index in [1.165, 1.54) is 21.9 Å². The van der Waals surface area contributed by atoms with Crippen molar-refractivity contribution >= 4 is 16.6 Å². The van der Waals surface area contributed by atoms with E-state index in [-0.39, 0.29) is 5.41 Å². The van der Waals surface area contributed by atoms with Gasteiger partial charge < -0.3 is 5.32 Å². The lowest BCUT2D eigenvalue weighted by atomic mass is 9.72. The van der Waals surface area contributed by atoms with Gasteiger partial charge in [0.2, 0.25) is 0 Å². The third-order valence-corrected chi connectivity index (χ3v) is 6.72. The summed E-state index contributed by atoms with van der Waals surface area (Å²) >= 11 is 0. The molecule has 0 spiro atoms. The summed E-state index contributed by atoms with van der Waals surface area (Å²) in [5.41, 5.74) is 2.95. The summed E-state index contributed by atoms with van der Waals surface area (Å²) in [7, 11) is 0. The Kier molecular flexibility index (Phi) is 5.68.